The average Bonchev–Trinajstić information content (AvgIpc) is 2.68. The molecule has 0 bridgehead atoms. The molecule has 6 nitrogen and oxygen atoms in total. The molecule has 0 saturated carbocycles. The summed E-state index contributed by atoms with van der Waals surface area (Å²) in [5, 5.41) is 3.21. The first-order valence-corrected chi connectivity index (χ1v) is 9.56. The van der Waals surface area contributed by atoms with Crippen LogP contribution in [0.4, 0.5) is 5.69 Å². The fourth-order valence-electron chi connectivity index (χ4n) is 2.64. The number of thioether (sulfide) groups is 1. The Hall–Kier alpha value is -2.80. The van der Waals surface area contributed by atoms with Crippen LogP contribution in [0.25, 0.3) is 11.0 Å². The Labute approximate surface area is 162 Å². The van der Waals surface area contributed by atoms with Gasteiger partial charge in [0.15, 0.2) is 5.03 Å². The summed E-state index contributed by atoms with van der Waals surface area (Å²) >= 11 is 1.16. The van der Waals surface area contributed by atoms with Crippen LogP contribution in [0, 0.1) is 0 Å². The van der Waals surface area contributed by atoms with E-state index in [0.717, 1.165) is 34.0 Å². The number of hydrogen-bond donors (Lipinski definition) is 1. The van der Waals surface area contributed by atoms with E-state index in [-0.39, 0.29) is 17.2 Å². The Morgan fingerprint density at radius 2 is 1.85 bits per heavy atom. The summed E-state index contributed by atoms with van der Waals surface area (Å²) in [5.41, 5.74) is 3.46. The maximum atomic E-state index is 12.4. The minimum Gasteiger partial charge on any atom is -0.378 e. The van der Waals surface area contributed by atoms with E-state index < -0.39 is 0 Å². The number of benzene rings is 2. The van der Waals surface area contributed by atoms with Crippen LogP contribution < -0.4 is 15.8 Å². The molecule has 0 aliphatic heterocycles. The first-order chi connectivity index (χ1) is 13.0. The van der Waals surface area contributed by atoms with Crippen molar-refractivity contribution in [1.29, 1.82) is 0 Å². The van der Waals surface area contributed by atoms with E-state index in [0.29, 0.717) is 11.6 Å². The summed E-state index contributed by atoms with van der Waals surface area (Å²) in [5.74, 6) is 0.0183. The molecule has 140 valence electrons. The normalized spacial score (nSPS) is 10.8. The summed E-state index contributed by atoms with van der Waals surface area (Å²) in [6, 6.07) is 15.5. The van der Waals surface area contributed by atoms with E-state index >= 15 is 0 Å². The predicted octanol–water partition coefficient (Wildman–Crippen LogP) is 2.41. The number of hydrogen-bond acceptors (Lipinski definition) is 5. The highest BCUT2D eigenvalue weighted by atomic mass is 32.2. The molecule has 3 rings (SSSR count). The second-order valence-corrected chi connectivity index (χ2v) is 7.36. The first-order valence-electron chi connectivity index (χ1n) is 8.57. The Morgan fingerprint density at radius 1 is 1.15 bits per heavy atom. The average molecular weight is 382 g/mol. The zero-order valence-corrected chi connectivity index (χ0v) is 16.4. The largest absolute Gasteiger partial charge is 0.378 e. The second kappa shape index (κ2) is 8.26. The van der Waals surface area contributed by atoms with Crippen LogP contribution in [0.1, 0.15) is 5.56 Å². The summed E-state index contributed by atoms with van der Waals surface area (Å²) in [6.45, 7) is 0.455. The molecule has 1 amide bonds. The fraction of sp³-hybridized carbons (Fsp3) is 0.250. The number of fused-ring (bicyclic) bond motifs is 1. The molecule has 1 aromatic heterocycles. The van der Waals surface area contributed by atoms with Crippen LogP contribution in [0.3, 0.4) is 0 Å². The highest BCUT2D eigenvalue weighted by Crippen LogP contribution is 2.16. The molecule has 0 atom stereocenters. The zero-order chi connectivity index (χ0) is 19.4. The lowest BCUT2D eigenvalue weighted by Gasteiger charge is -2.13. The van der Waals surface area contributed by atoms with Gasteiger partial charge in [0.25, 0.3) is 5.56 Å². The van der Waals surface area contributed by atoms with E-state index in [9.17, 15) is 9.59 Å². The number of para-hydroxylation sites is 2. The second-order valence-electron chi connectivity index (χ2n) is 6.40. The quantitative estimate of drug-likeness (QED) is 0.663. The molecule has 2 aromatic carbocycles. The van der Waals surface area contributed by atoms with Crippen molar-refractivity contribution >= 4 is 34.4 Å². The molecule has 1 heterocycles. The summed E-state index contributed by atoms with van der Waals surface area (Å²) < 4.78 is 1.56. The van der Waals surface area contributed by atoms with E-state index in [1.807, 2.05) is 67.5 Å². The number of aryl methyl sites for hydroxylation is 1. The lowest BCUT2D eigenvalue weighted by molar-refractivity contribution is -0.118. The molecule has 0 spiro atoms. The SMILES string of the molecule is CN(C)c1ccc(CNC(=O)CSc2nc3ccccc3n(C)c2=O)cc1. The van der Waals surface area contributed by atoms with Gasteiger partial charge >= 0.3 is 0 Å². The van der Waals surface area contributed by atoms with Gasteiger partial charge in [0.2, 0.25) is 5.91 Å². The van der Waals surface area contributed by atoms with Gasteiger partial charge < -0.3 is 14.8 Å². The number of carbonyl (C=O) groups excluding carboxylic acids is 1. The van der Waals surface area contributed by atoms with Gasteiger partial charge in [0.1, 0.15) is 0 Å². The van der Waals surface area contributed by atoms with Gasteiger partial charge in [-0.2, -0.15) is 0 Å². The Kier molecular flexibility index (Phi) is 5.81. The maximum absolute atomic E-state index is 12.4. The van der Waals surface area contributed by atoms with Gasteiger partial charge in [-0.05, 0) is 29.8 Å². The molecule has 0 fully saturated rings. The van der Waals surface area contributed by atoms with E-state index in [4.69, 9.17) is 0 Å². The minimum absolute atomic E-state index is 0.131. The van der Waals surface area contributed by atoms with Crippen LogP contribution in [-0.2, 0) is 18.4 Å². The van der Waals surface area contributed by atoms with Gasteiger partial charge in [0.05, 0.1) is 16.8 Å². The molecule has 0 aliphatic carbocycles. The Morgan fingerprint density at radius 3 is 2.56 bits per heavy atom. The molecular formula is C20H22N4O2S. The van der Waals surface area contributed by atoms with E-state index in [1.54, 1.807) is 11.6 Å². The lowest BCUT2D eigenvalue weighted by Crippen LogP contribution is -2.26. The maximum Gasteiger partial charge on any atom is 0.283 e. The predicted molar refractivity (Wildman–Crippen MR) is 110 cm³/mol. The fourth-order valence-corrected chi connectivity index (χ4v) is 3.44. The van der Waals surface area contributed by atoms with Crippen molar-refractivity contribution in [3.8, 4) is 0 Å². The number of anilines is 1. The van der Waals surface area contributed by atoms with E-state index in [1.165, 1.54) is 0 Å². The van der Waals surface area contributed by atoms with Crippen molar-refractivity contribution < 1.29 is 4.79 Å². The Balaban J connectivity index is 1.60. The number of nitrogens with zero attached hydrogens (tertiary/aromatic N) is 3. The topological polar surface area (TPSA) is 67.2 Å². The van der Waals surface area contributed by atoms with Crippen LogP contribution in [0.5, 0.6) is 0 Å². The lowest BCUT2D eigenvalue weighted by atomic mass is 10.2. The molecule has 0 radical (unpaired) electrons. The standard InChI is InChI=1S/C20H22N4O2S/c1-23(2)15-10-8-14(9-11-15)12-21-18(25)13-27-19-20(26)24(3)17-7-5-4-6-16(17)22-19/h4-11H,12-13H2,1-3H3,(H,21,25). The van der Waals surface area contributed by atoms with Crippen molar-refractivity contribution in [2.75, 3.05) is 24.7 Å². The number of carbonyl (C=O) groups is 1. The molecular weight excluding hydrogens is 360 g/mol. The van der Waals surface area contributed by atoms with Crippen LogP contribution >= 0.6 is 11.8 Å². The minimum atomic E-state index is -0.189. The van der Waals surface area contributed by atoms with E-state index in [2.05, 4.69) is 10.3 Å². The molecule has 3 aromatic rings. The van der Waals surface area contributed by atoms with Crippen molar-refractivity contribution in [3.05, 3.63) is 64.4 Å². The zero-order valence-electron chi connectivity index (χ0n) is 15.6. The number of nitrogens with one attached hydrogen (secondary N) is 1. The summed E-state index contributed by atoms with van der Waals surface area (Å²) in [7, 11) is 5.69. The smallest absolute Gasteiger partial charge is 0.283 e. The molecule has 1 N–H and O–H groups in total. The highest BCUT2D eigenvalue weighted by Gasteiger charge is 2.11. The van der Waals surface area contributed by atoms with Crippen LogP contribution in [0.15, 0.2) is 58.4 Å². The summed E-state index contributed by atoms with van der Waals surface area (Å²) in [6.07, 6.45) is 0. The molecule has 0 aliphatic rings. The van der Waals surface area contributed by atoms with Gasteiger partial charge in [0, 0.05) is 33.4 Å². The van der Waals surface area contributed by atoms with Crippen molar-refractivity contribution in [2.45, 2.75) is 11.6 Å². The van der Waals surface area contributed by atoms with Crippen molar-refractivity contribution in [3.63, 3.8) is 0 Å². The van der Waals surface area contributed by atoms with Crippen molar-refractivity contribution in [1.82, 2.24) is 14.9 Å². The molecule has 0 unspecified atom stereocenters. The third kappa shape index (κ3) is 4.49. The monoisotopic (exact) mass is 382 g/mol. The van der Waals surface area contributed by atoms with Gasteiger partial charge in [-0.3, -0.25) is 9.59 Å². The number of aromatic nitrogens is 2. The third-order valence-corrected chi connectivity index (χ3v) is 5.18. The molecule has 27 heavy (non-hydrogen) atoms. The van der Waals surface area contributed by atoms with Crippen molar-refractivity contribution in [2.24, 2.45) is 7.05 Å². The van der Waals surface area contributed by atoms with Crippen LogP contribution in [0.2, 0.25) is 0 Å². The van der Waals surface area contributed by atoms with Gasteiger partial charge in [-0.25, -0.2) is 4.98 Å². The number of amides is 1. The Bertz CT molecular complexity index is 1010. The van der Waals surface area contributed by atoms with Gasteiger partial charge in [-0.15, -0.1) is 0 Å². The van der Waals surface area contributed by atoms with Crippen LogP contribution in [-0.4, -0.2) is 35.3 Å². The molecule has 7 heteroatoms. The highest BCUT2D eigenvalue weighted by molar-refractivity contribution is 7.99. The molecule has 0 saturated heterocycles. The first kappa shape index (κ1) is 19.0. The third-order valence-electron chi connectivity index (χ3n) is 4.24. The summed E-state index contributed by atoms with van der Waals surface area (Å²) in [4.78, 5) is 31.0. The van der Waals surface area contributed by atoms with Gasteiger partial charge in [-0.1, -0.05) is 36.0 Å². The number of rotatable bonds is 6.